The van der Waals surface area contributed by atoms with Crippen LogP contribution in [0.2, 0.25) is 0 Å². The van der Waals surface area contributed by atoms with E-state index in [1.165, 1.54) is 9.08 Å². The molecule has 1 aromatic carbocycles. The number of aliphatic hydroxyl groups excluding tert-OH is 1. The Bertz CT molecular complexity index is 1510. The SMILES string of the molecule is Cc1cc(-c2c(-c3ccccc3)[nH+]c(N)n3c(=O)n(Cc4cccnn4)nc23)cc(CO)n1. The number of H-pyrrole nitrogens is 1. The maximum absolute atomic E-state index is 13.2. The van der Waals surface area contributed by atoms with Gasteiger partial charge in [0.2, 0.25) is 5.65 Å². The van der Waals surface area contributed by atoms with E-state index in [1.54, 1.807) is 24.4 Å². The summed E-state index contributed by atoms with van der Waals surface area (Å²) in [6.45, 7) is 1.78. The van der Waals surface area contributed by atoms with Crippen LogP contribution in [0.15, 0.2) is 65.6 Å². The third-order valence-corrected chi connectivity index (χ3v) is 5.27. The molecule has 164 valence electrons. The van der Waals surface area contributed by atoms with Crippen molar-refractivity contribution in [3.05, 3.63) is 88.4 Å². The van der Waals surface area contributed by atoms with E-state index in [9.17, 15) is 9.90 Å². The molecular weight excluding hydrogens is 420 g/mol. The lowest BCUT2D eigenvalue weighted by atomic mass is 9.99. The van der Waals surface area contributed by atoms with E-state index < -0.39 is 5.69 Å². The molecule has 10 nitrogen and oxygen atoms in total. The Kier molecular flexibility index (Phi) is 5.11. The van der Waals surface area contributed by atoms with Gasteiger partial charge in [0.05, 0.1) is 30.1 Å². The lowest BCUT2D eigenvalue weighted by Crippen LogP contribution is -2.28. The Morgan fingerprint density at radius 1 is 1.06 bits per heavy atom. The first-order chi connectivity index (χ1) is 16.0. The number of aryl methyl sites for hydroxylation is 1. The molecular formula is C23H21N8O2+. The van der Waals surface area contributed by atoms with Crippen molar-refractivity contribution in [1.82, 2.24) is 29.4 Å². The van der Waals surface area contributed by atoms with Crippen LogP contribution < -0.4 is 16.4 Å². The Labute approximate surface area is 188 Å². The molecule has 0 aliphatic heterocycles. The standard InChI is InChI=1S/C23H20N8O2/c1-14-10-16(11-18(13-32)26-14)19-20(15-6-3-2-4-7-15)27-22(24)31-21(19)29-30(23(31)33)12-17-8-5-9-25-28-17/h2-11,32H,12-13H2,1H3,(H2,24,27)/p+1. The highest BCUT2D eigenvalue weighted by Crippen LogP contribution is 2.33. The number of nitrogens with two attached hydrogens (primary N) is 1. The van der Waals surface area contributed by atoms with Crippen molar-refractivity contribution in [2.45, 2.75) is 20.1 Å². The van der Waals surface area contributed by atoms with Crippen LogP contribution in [0, 0.1) is 6.92 Å². The first kappa shape index (κ1) is 20.5. The number of nitrogen functional groups attached to an aromatic ring is 1. The minimum Gasteiger partial charge on any atom is -0.390 e. The Balaban J connectivity index is 1.83. The summed E-state index contributed by atoms with van der Waals surface area (Å²) < 4.78 is 2.65. The summed E-state index contributed by atoms with van der Waals surface area (Å²) in [4.78, 5) is 20.8. The molecule has 5 aromatic rings. The minimum atomic E-state index is -0.404. The van der Waals surface area contributed by atoms with Crippen LogP contribution in [0.1, 0.15) is 17.1 Å². The van der Waals surface area contributed by atoms with Crippen molar-refractivity contribution in [3.8, 4) is 22.4 Å². The number of aliphatic hydroxyl groups is 1. The lowest BCUT2D eigenvalue weighted by Gasteiger charge is -2.10. The zero-order valence-corrected chi connectivity index (χ0v) is 17.8. The third kappa shape index (κ3) is 3.72. The summed E-state index contributed by atoms with van der Waals surface area (Å²) in [6, 6.07) is 16.8. The van der Waals surface area contributed by atoms with Gasteiger partial charge in [-0.3, -0.25) is 10.7 Å². The van der Waals surface area contributed by atoms with E-state index in [1.807, 2.05) is 43.3 Å². The molecule has 0 atom stereocenters. The van der Waals surface area contributed by atoms with E-state index in [0.717, 1.165) is 16.8 Å². The largest absolute Gasteiger partial charge is 0.411 e. The molecule has 4 aromatic heterocycles. The molecule has 0 amide bonds. The van der Waals surface area contributed by atoms with E-state index in [4.69, 9.17) is 5.73 Å². The minimum absolute atomic E-state index is 0.144. The lowest BCUT2D eigenvalue weighted by molar-refractivity contribution is -0.351. The molecule has 4 N–H and O–H groups in total. The number of nitrogens with zero attached hydrogens (tertiary/aromatic N) is 6. The van der Waals surface area contributed by atoms with E-state index in [-0.39, 0.29) is 19.1 Å². The third-order valence-electron chi connectivity index (χ3n) is 5.27. The van der Waals surface area contributed by atoms with Crippen LogP contribution in [-0.4, -0.2) is 34.5 Å². The molecule has 0 saturated heterocycles. The quantitative estimate of drug-likeness (QED) is 0.419. The van der Waals surface area contributed by atoms with Crippen molar-refractivity contribution >= 4 is 11.6 Å². The zero-order valence-electron chi connectivity index (χ0n) is 17.8. The Hall–Kier alpha value is -4.44. The average molecular weight is 441 g/mol. The van der Waals surface area contributed by atoms with Gasteiger partial charge in [0.15, 0.2) is 0 Å². The van der Waals surface area contributed by atoms with E-state index >= 15 is 0 Å². The van der Waals surface area contributed by atoms with Crippen LogP contribution in [0.4, 0.5) is 5.95 Å². The highest BCUT2D eigenvalue weighted by atomic mass is 16.3. The molecule has 0 bridgehead atoms. The second-order valence-corrected chi connectivity index (χ2v) is 7.59. The molecule has 0 unspecified atom stereocenters. The van der Waals surface area contributed by atoms with E-state index in [0.29, 0.717) is 28.3 Å². The number of fused-ring (bicyclic) bond motifs is 1. The van der Waals surface area contributed by atoms with E-state index in [2.05, 4.69) is 25.3 Å². The van der Waals surface area contributed by atoms with Crippen LogP contribution in [0.25, 0.3) is 28.0 Å². The summed E-state index contributed by atoms with van der Waals surface area (Å²) in [7, 11) is 0. The monoisotopic (exact) mass is 441 g/mol. The second kappa shape index (κ2) is 8.24. The van der Waals surface area contributed by atoms with Gasteiger partial charge in [-0.25, -0.2) is 9.78 Å². The van der Waals surface area contributed by atoms with Gasteiger partial charge in [0.25, 0.3) is 0 Å². The number of nitrogens with one attached hydrogen (secondary N) is 1. The summed E-state index contributed by atoms with van der Waals surface area (Å²) in [5.74, 6) is 0.149. The van der Waals surface area contributed by atoms with Gasteiger partial charge in [-0.15, -0.1) is 9.50 Å². The first-order valence-corrected chi connectivity index (χ1v) is 10.3. The number of pyridine rings is 1. The summed E-state index contributed by atoms with van der Waals surface area (Å²) in [5, 5.41) is 22.3. The highest BCUT2D eigenvalue weighted by Gasteiger charge is 2.26. The molecule has 5 rings (SSSR count). The van der Waals surface area contributed by atoms with Gasteiger partial charge in [0.1, 0.15) is 5.69 Å². The number of benzene rings is 1. The summed E-state index contributed by atoms with van der Waals surface area (Å²) >= 11 is 0. The number of aromatic amines is 1. The predicted octanol–water partition coefficient (Wildman–Crippen LogP) is 1.26. The van der Waals surface area contributed by atoms with Crippen molar-refractivity contribution in [3.63, 3.8) is 0 Å². The number of hydrogen-bond acceptors (Lipinski definition) is 7. The number of rotatable bonds is 5. The number of anilines is 1. The zero-order chi connectivity index (χ0) is 22.9. The van der Waals surface area contributed by atoms with Gasteiger partial charge >= 0.3 is 11.6 Å². The van der Waals surface area contributed by atoms with Gasteiger partial charge in [0, 0.05) is 17.5 Å². The van der Waals surface area contributed by atoms with Crippen LogP contribution in [0.5, 0.6) is 0 Å². The normalized spacial score (nSPS) is 11.2. The first-order valence-electron chi connectivity index (χ1n) is 10.3. The fourth-order valence-electron chi connectivity index (χ4n) is 3.88. The second-order valence-electron chi connectivity index (χ2n) is 7.59. The van der Waals surface area contributed by atoms with Crippen molar-refractivity contribution in [2.75, 3.05) is 5.73 Å². The molecule has 4 heterocycles. The molecule has 0 saturated carbocycles. The number of hydrogen-bond donors (Lipinski definition) is 2. The molecule has 0 fully saturated rings. The van der Waals surface area contributed by atoms with Gasteiger partial charge in [-0.05, 0) is 36.8 Å². The maximum Gasteiger partial charge on any atom is 0.411 e. The molecule has 0 radical (unpaired) electrons. The summed E-state index contributed by atoms with van der Waals surface area (Å²) in [5.41, 5.74) is 11.1. The maximum atomic E-state index is 13.2. The topological polar surface area (TPSA) is 138 Å². The van der Waals surface area contributed by atoms with Crippen molar-refractivity contribution < 1.29 is 10.1 Å². The molecule has 33 heavy (non-hydrogen) atoms. The van der Waals surface area contributed by atoms with Gasteiger partial charge in [-0.1, -0.05) is 30.3 Å². The highest BCUT2D eigenvalue weighted by molar-refractivity contribution is 5.88. The summed E-state index contributed by atoms with van der Waals surface area (Å²) in [6.07, 6.45) is 1.57. The Morgan fingerprint density at radius 2 is 1.88 bits per heavy atom. The molecule has 10 heteroatoms. The average Bonchev–Trinajstić information content (AvgIpc) is 3.15. The number of aromatic nitrogens is 7. The fraction of sp³-hybridized carbons (Fsp3) is 0.130. The smallest absolute Gasteiger partial charge is 0.390 e. The fourth-order valence-corrected chi connectivity index (χ4v) is 3.88. The van der Waals surface area contributed by atoms with Gasteiger partial charge < -0.3 is 5.11 Å². The van der Waals surface area contributed by atoms with Crippen LogP contribution in [-0.2, 0) is 13.2 Å². The van der Waals surface area contributed by atoms with Gasteiger partial charge in [-0.2, -0.15) is 14.9 Å². The van der Waals surface area contributed by atoms with Crippen LogP contribution in [0.3, 0.4) is 0 Å². The van der Waals surface area contributed by atoms with Crippen molar-refractivity contribution in [2.24, 2.45) is 0 Å². The van der Waals surface area contributed by atoms with Crippen molar-refractivity contribution in [1.29, 1.82) is 0 Å². The molecule has 0 spiro atoms. The Morgan fingerprint density at radius 3 is 2.61 bits per heavy atom. The molecule has 0 aliphatic carbocycles. The predicted molar refractivity (Wildman–Crippen MR) is 121 cm³/mol. The molecule has 0 aliphatic rings. The van der Waals surface area contributed by atoms with Crippen LogP contribution >= 0.6 is 0 Å².